The van der Waals surface area contributed by atoms with Crippen molar-refractivity contribution in [1.82, 2.24) is 14.5 Å². The van der Waals surface area contributed by atoms with Gasteiger partial charge in [0.2, 0.25) is 0 Å². The topological polar surface area (TPSA) is 38.1 Å². The minimum absolute atomic E-state index is 0.434. The Morgan fingerprint density at radius 3 is 3.33 bits per heavy atom. The highest BCUT2D eigenvalue weighted by molar-refractivity contribution is 5.52. The van der Waals surface area contributed by atoms with E-state index in [0.29, 0.717) is 13.1 Å². The van der Waals surface area contributed by atoms with Crippen molar-refractivity contribution in [3.05, 3.63) is 24.4 Å². The van der Waals surface area contributed by atoms with Gasteiger partial charge < -0.3 is 14.3 Å². The Labute approximate surface area is 70.1 Å². The van der Waals surface area contributed by atoms with Crippen LogP contribution < -0.4 is 0 Å². The van der Waals surface area contributed by atoms with Gasteiger partial charge in [-0.25, -0.2) is 4.98 Å². The standard InChI is InChI=1S/C8H9N3O/c12-6-5-10-3-4-11-2-1-9-8(11)7-10/h1-4,6H,5,7H2. The molecule has 0 amide bonds. The molecule has 0 saturated heterocycles. The van der Waals surface area contributed by atoms with Crippen LogP contribution in [-0.2, 0) is 11.3 Å². The van der Waals surface area contributed by atoms with Gasteiger partial charge in [-0.3, -0.25) is 0 Å². The molecule has 2 heterocycles. The average molecular weight is 163 g/mol. The molecule has 62 valence electrons. The maximum atomic E-state index is 10.2. The summed E-state index contributed by atoms with van der Waals surface area (Å²) >= 11 is 0. The lowest BCUT2D eigenvalue weighted by atomic mass is 10.4. The first-order valence-corrected chi connectivity index (χ1v) is 3.78. The summed E-state index contributed by atoms with van der Waals surface area (Å²) in [5.74, 6) is 0.972. The van der Waals surface area contributed by atoms with Gasteiger partial charge in [-0.05, 0) is 0 Å². The molecule has 0 saturated carbocycles. The molecule has 0 spiro atoms. The van der Waals surface area contributed by atoms with E-state index >= 15 is 0 Å². The van der Waals surface area contributed by atoms with Crippen molar-refractivity contribution in [1.29, 1.82) is 0 Å². The number of aromatic nitrogens is 2. The van der Waals surface area contributed by atoms with Gasteiger partial charge in [0.05, 0.1) is 13.1 Å². The van der Waals surface area contributed by atoms with Gasteiger partial charge in [0.1, 0.15) is 12.1 Å². The smallest absolute Gasteiger partial charge is 0.139 e. The number of aldehydes is 1. The molecule has 0 aliphatic carbocycles. The van der Waals surface area contributed by atoms with E-state index in [2.05, 4.69) is 4.98 Å². The summed E-state index contributed by atoms with van der Waals surface area (Å²) in [5.41, 5.74) is 0. The summed E-state index contributed by atoms with van der Waals surface area (Å²) in [6.07, 6.45) is 8.33. The number of carbonyl (C=O) groups is 1. The van der Waals surface area contributed by atoms with Crippen LogP contribution in [-0.4, -0.2) is 27.3 Å². The molecular formula is C8H9N3O. The molecule has 0 atom stereocenters. The molecule has 4 heteroatoms. The number of rotatable bonds is 2. The van der Waals surface area contributed by atoms with E-state index in [1.807, 2.05) is 28.1 Å². The summed E-state index contributed by atoms with van der Waals surface area (Å²) in [6.45, 7) is 1.14. The number of hydrogen-bond donors (Lipinski definition) is 0. The van der Waals surface area contributed by atoms with Gasteiger partial charge in [0.15, 0.2) is 0 Å². The van der Waals surface area contributed by atoms with Crippen LogP contribution in [0.4, 0.5) is 0 Å². The van der Waals surface area contributed by atoms with Gasteiger partial charge in [-0.1, -0.05) is 0 Å². The molecule has 0 aromatic carbocycles. The van der Waals surface area contributed by atoms with Crippen LogP contribution in [0.25, 0.3) is 6.20 Å². The van der Waals surface area contributed by atoms with Gasteiger partial charge in [-0.15, -0.1) is 0 Å². The largest absolute Gasteiger partial charge is 0.362 e. The molecule has 1 aromatic rings. The Kier molecular flexibility index (Phi) is 1.66. The highest BCUT2D eigenvalue weighted by Crippen LogP contribution is 2.09. The Hall–Kier alpha value is -1.58. The zero-order valence-corrected chi connectivity index (χ0v) is 6.55. The van der Waals surface area contributed by atoms with E-state index in [1.165, 1.54) is 0 Å². The lowest BCUT2D eigenvalue weighted by Gasteiger charge is -2.20. The summed E-state index contributed by atoms with van der Waals surface area (Å²) in [5, 5.41) is 0. The van der Waals surface area contributed by atoms with Crippen molar-refractivity contribution in [2.45, 2.75) is 6.54 Å². The van der Waals surface area contributed by atoms with E-state index in [9.17, 15) is 4.79 Å². The maximum Gasteiger partial charge on any atom is 0.139 e. The number of fused-ring (bicyclic) bond motifs is 1. The van der Waals surface area contributed by atoms with Crippen LogP contribution in [0.15, 0.2) is 18.6 Å². The van der Waals surface area contributed by atoms with Crippen LogP contribution in [0.1, 0.15) is 5.82 Å². The third-order valence-electron chi connectivity index (χ3n) is 1.84. The van der Waals surface area contributed by atoms with E-state index in [-0.39, 0.29) is 0 Å². The van der Waals surface area contributed by atoms with Crippen molar-refractivity contribution in [2.75, 3.05) is 6.54 Å². The van der Waals surface area contributed by atoms with E-state index in [1.54, 1.807) is 6.20 Å². The van der Waals surface area contributed by atoms with Crippen LogP contribution in [0, 0.1) is 0 Å². The Bertz CT molecular complexity index is 316. The summed E-state index contributed by atoms with van der Waals surface area (Å²) in [7, 11) is 0. The highest BCUT2D eigenvalue weighted by Gasteiger charge is 2.09. The minimum Gasteiger partial charge on any atom is -0.362 e. The zero-order chi connectivity index (χ0) is 8.39. The summed E-state index contributed by atoms with van der Waals surface area (Å²) < 4.78 is 1.95. The van der Waals surface area contributed by atoms with Crippen molar-refractivity contribution in [2.24, 2.45) is 0 Å². The van der Waals surface area contributed by atoms with Crippen LogP contribution in [0.2, 0.25) is 0 Å². The minimum atomic E-state index is 0.434. The molecule has 0 fully saturated rings. The van der Waals surface area contributed by atoms with Crippen LogP contribution in [0.5, 0.6) is 0 Å². The number of imidazole rings is 1. The number of carbonyl (C=O) groups excluding carboxylic acids is 1. The van der Waals surface area contributed by atoms with E-state index < -0.39 is 0 Å². The van der Waals surface area contributed by atoms with Gasteiger partial charge in [-0.2, -0.15) is 0 Å². The molecule has 2 rings (SSSR count). The molecule has 0 unspecified atom stereocenters. The quantitative estimate of drug-likeness (QED) is 0.589. The first-order valence-electron chi connectivity index (χ1n) is 3.78. The Morgan fingerprint density at radius 1 is 1.58 bits per heavy atom. The molecule has 0 N–H and O–H groups in total. The van der Waals surface area contributed by atoms with Crippen molar-refractivity contribution in [3.8, 4) is 0 Å². The predicted molar refractivity (Wildman–Crippen MR) is 44.0 cm³/mol. The third kappa shape index (κ3) is 1.11. The third-order valence-corrected chi connectivity index (χ3v) is 1.84. The van der Waals surface area contributed by atoms with E-state index in [0.717, 1.165) is 12.1 Å². The highest BCUT2D eigenvalue weighted by atomic mass is 16.1. The fourth-order valence-electron chi connectivity index (χ4n) is 1.22. The zero-order valence-electron chi connectivity index (χ0n) is 6.55. The molecule has 12 heavy (non-hydrogen) atoms. The van der Waals surface area contributed by atoms with Crippen molar-refractivity contribution < 1.29 is 4.79 Å². The summed E-state index contributed by atoms with van der Waals surface area (Å²) in [4.78, 5) is 16.3. The normalized spacial score (nSPS) is 14.5. The average Bonchev–Trinajstić information content (AvgIpc) is 2.51. The molecule has 0 bridgehead atoms. The van der Waals surface area contributed by atoms with Crippen molar-refractivity contribution >= 4 is 12.5 Å². The monoisotopic (exact) mass is 163 g/mol. The second kappa shape index (κ2) is 2.81. The molecule has 1 aromatic heterocycles. The predicted octanol–water partition coefficient (Wildman–Crippen LogP) is 0.326. The summed E-state index contributed by atoms with van der Waals surface area (Å²) in [6, 6.07) is 0. The SMILES string of the molecule is O=CCN1C=Cn2ccnc2C1. The maximum absolute atomic E-state index is 10.2. The second-order valence-electron chi connectivity index (χ2n) is 2.64. The Morgan fingerprint density at radius 2 is 2.50 bits per heavy atom. The first-order chi connectivity index (χ1) is 5.90. The number of nitrogens with zero attached hydrogens (tertiary/aromatic N) is 3. The van der Waals surface area contributed by atoms with Crippen LogP contribution >= 0.6 is 0 Å². The fourth-order valence-corrected chi connectivity index (χ4v) is 1.22. The molecule has 0 radical (unpaired) electrons. The van der Waals surface area contributed by atoms with Crippen LogP contribution in [0.3, 0.4) is 0 Å². The van der Waals surface area contributed by atoms with Gasteiger partial charge >= 0.3 is 0 Å². The lowest BCUT2D eigenvalue weighted by molar-refractivity contribution is -0.108. The molecule has 1 aliphatic rings. The first kappa shape index (κ1) is 7.09. The lowest BCUT2D eigenvalue weighted by Crippen LogP contribution is -2.23. The number of hydrogen-bond acceptors (Lipinski definition) is 3. The van der Waals surface area contributed by atoms with Gasteiger partial charge in [0, 0.05) is 24.8 Å². The van der Waals surface area contributed by atoms with Crippen molar-refractivity contribution in [3.63, 3.8) is 0 Å². The second-order valence-corrected chi connectivity index (χ2v) is 2.64. The fraction of sp³-hybridized carbons (Fsp3) is 0.250. The Balaban J connectivity index is 2.18. The molecular weight excluding hydrogens is 154 g/mol. The van der Waals surface area contributed by atoms with E-state index in [4.69, 9.17) is 0 Å². The molecule has 1 aliphatic heterocycles. The van der Waals surface area contributed by atoms with Gasteiger partial charge in [0.25, 0.3) is 0 Å². The molecule has 4 nitrogen and oxygen atoms in total.